The Hall–Kier alpha value is -2.12. The largest absolute Gasteiger partial charge is 0.476 e. The fourth-order valence-corrected chi connectivity index (χ4v) is 1.61. The van der Waals surface area contributed by atoms with Crippen molar-refractivity contribution < 1.29 is 14.7 Å². The van der Waals surface area contributed by atoms with Crippen LogP contribution in [0.5, 0.6) is 0 Å². The average molecular weight is 283 g/mol. The first kappa shape index (κ1) is 15.9. The molecule has 3 N–H and O–H groups in total. The van der Waals surface area contributed by atoms with Gasteiger partial charge in [-0.05, 0) is 6.42 Å². The van der Waals surface area contributed by atoms with Gasteiger partial charge in [-0.2, -0.15) is 0 Å². The Bertz CT molecular complexity index is 432. The number of carboxylic acids is 1. The second-order valence-electron chi connectivity index (χ2n) is 4.42. The van der Waals surface area contributed by atoms with Crippen LogP contribution < -0.4 is 10.6 Å². The number of unbranched alkanes of at least 4 members (excludes halogenated alkanes) is 3. The van der Waals surface area contributed by atoms with E-state index in [1.165, 1.54) is 23.7 Å². The molecule has 0 aliphatic carbocycles. The van der Waals surface area contributed by atoms with Crippen molar-refractivity contribution in [2.45, 2.75) is 39.2 Å². The van der Waals surface area contributed by atoms with Gasteiger partial charge in [-0.3, -0.25) is 0 Å². The van der Waals surface area contributed by atoms with Crippen LogP contribution in [0.3, 0.4) is 0 Å². The van der Waals surface area contributed by atoms with E-state index in [0.29, 0.717) is 19.6 Å². The fourth-order valence-electron chi connectivity index (χ4n) is 1.61. The van der Waals surface area contributed by atoms with Gasteiger partial charge >= 0.3 is 12.0 Å². The zero-order valence-corrected chi connectivity index (χ0v) is 11.6. The van der Waals surface area contributed by atoms with Gasteiger partial charge in [-0.1, -0.05) is 31.4 Å². The molecule has 0 radical (unpaired) electrons. The Morgan fingerprint density at radius 3 is 2.65 bits per heavy atom. The Morgan fingerprint density at radius 2 is 2.00 bits per heavy atom. The summed E-state index contributed by atoms with van der Waals surface area (Å²) in [7, 11) is 0. The zero-order valence-electron chi connectivity index (χ0n) is 11.6. The summed E-state index contributed by atoms with van der Waals surface area (Å²) in [5.41, 5.74) is -0.106. The SMILES string of the molecule is CCCCCCNC(=O)NCCn1cc(C(=O)O)nn1. The van der Waals surface area contributed by atoms with Crippen LogP contribution >= 0.6 is 0 Å². The van der Waals surface area contributed by atoms with E-state index in [0.717, 1.165) is 12.8 Å². The number of rotatable bonds is 9. The molecule has 20 heavy (non-hydrogen) atoms. The first-order valence-corrected chi connectivity index (χ1v) is 6.78. The third-order valence-corrected chi connectivity index (χ3v) is 2.70. The van der Waals surface area contributed by atoms with E-state index in [1.807, 2.05) is 0 Å². The van der Waals surface area contributed by atoms with E-state index in [-0.39, 0.29) is 11.7 Å². The minimum atomic E-state index is -1.12. The summed E-state index contributed by atoms with van der Waals surface area (Å²) in [4.78, 5) is 22.0. The molecular weight excluding hydrogens is 262 g/mol. The Labute approximate surface area is 117 Å². The lowest BCUT2D eigenvalue weighted by atomic mass is 10.2. The van der Waals surface area contributed by atoms with Crippen LogP contribution in [0.1, 0.15) is 43.1 Å². The summed E-state index contributed by atoms with van der Waals surface area (Å²) in [5.74, 6) is -1.12. The number of nitrogens with one attached hydrogen (secondary N) is 2. The van der Waals surface area contributed by atoms with Crippen LogP contribution in [0.15, 0.2) is 6.20 Å². The molecule has 0 atom stereocenters. The normalized spacial score (nSPS) is 10.2. The molecule has 0 saturated carbocycles. The van der Waals surface area contributed by atoms with Gasteiger partial charge in [-0.25, -0.2) is 14.3 Å². The van der Waals surface area contributed by atoms with Crippen molar-refractivity contribution >= 4 is 12.0 Å². The molecule has 0 spiro atoms. The summed E-state index contributed by atoms with van der Waals surface area (Å²) < 4.78 is 1.38. The molecule has 0 bridgehead atoms. The molecule has 0 saturated heterocycles. The predicted octanol–water partition coefficient (Wildman–Crippen LogP) is 0.856. The highest BCUT2D eigenvalue weighted by molar-refractivity contribution is 5.84. The molecule has 0 aliphatic rings. The summed E-state index contributed by atoms with van der Waals surface area (Å²) >= 11 is 0. The van der Waals surface area contributed by atoms with Crippen LogP contribution in [0.25, 0.3) is 0 Å². The van der Waals surface area contributed by atoms with E-state index in [1.54, 1.807) is 0 Å². The van der Waals surface area contributed by atoms with Crippen molar-refractivity contribution in [2.24, 2.45) is 0 Å². The van der Waals surface area contributed by atoms with Crippen LogP contribution in [-0.4, -0.2) is 45.2 Å². The molecule has 2 amide bonds. The monoisotopic (exact) mass is 283 g/mol. The Balaban J connectivity index is 2.10. The van der Waals surface area contributed by atoms with Crippen LogP contribution in [0.4, 0.5) is 4.79 Å². The van der Waals surface area contributed by atoms with Gasteiger partial charge in [0, 0.05) is 13.1 Å². The van der Waals surface area contributed by atoms with Crippen molar-refractivity contribution in [3.8, 4) is 0 Å². The Morgan fingerprint density at radius 1 is 1.25 bits per heavy atom. The Kier molecular flexibility index (Phi) is 7.08. The number of carbonyl (C=O) groups excluding carboxylic acids is 1. The lowest BCUT2D eigenvalue weighted by Crippen LogP contribution is -2.37. The molecule has 0 unspecified atom stereocenters. The maximum atomic E-state index is 11.4. The second kappa shape index (κ2) is 8.89. The highest BCUT2D eigenvalue weighted by Crippen LogP contribution is 1.96. The highest BCUT2D eigenvalue weighted by atomic mass is 16.4. The van der Waals surface area contributed by atoms with Crippen molar-refractivity contribution in [3.05, 3.63) is 11.9 Å². The molecule has 1 aromatic heterocycles. The molecule has 0 fully saturated rings. The lowest BCUT2D eigenvalue weighted by molar-refractivity contribution is 0.0690. The zero-order chi connectivity index (χ0) is 14.8. The maximum Gasteiger partial charge on any atom is 0.358 e. The first-order valence-electron chi connectivity index (χ1n) is 6.78. The number of urea groups is 1. The number of hydrogen-bond donors (Lipinski definition) is 3. The minimum absolute atomic E-state index is 0.106. The van der Waals surface area contributed by atoms with E-state index < -0.39 is 5.97 Å². The summed E-state index contributed by atoms with van der Waals surface area (Å²) in [5, 5.41) is 21.2. The summed E-state index contributed by atoms with van der Waals surface area (Å²) in [6, 6.07) is -0.222. The predicted molar refractivity (Wildman–Crippen MR) is 72.5 cm³/mol. The molecular formula is C12H21N5O3. The van der Waals surface area contributed by atoms with Gasteiger partial charge in [0.15, 0.2) is 5.69 Å². The molecule has 0 aliphatic heterocycles. The smallest absolute Gasteiger partial charge is 0.358 e. The van der Waals surface area contributed by atoms with Gasteiger partial charge in [0.25, 0.3) is 0 Å². The molecule has 0 aromatic carbocycles. The lowest BCUT2D eigenvalue weighted by Gasteiger charge is -2.07. The van der Waals surface area contributed by atoms with Gasteiger partial charge in [-0.15, -0.1) is 5.10 Å². The third kappa shape index (κ3) is 6.17. The van der Waals surface area contributed by atoms with E-state index >= 15 is 0 Å². The number of carboxylic acid groups (broad SMARTS) is 1. The number of aromatic carboxylic acids is 1. The van der Waals surface area contributed by atoms with E-state index in [4.69, 9.17) is 5.11 Å². The fraction of sp³-hybridized carbons (Fsp3) is 0.667. The average Bonchev–Trinajstić information content (AvgIpc) is 2.87. The number of carbonyl (C=O) groups is 2. The first-order chi connectivity index (χ1) is 9.63. The number of nitrogens with zero attached hydrogens (tertiary/aromatic N) is 3. The van der Waals surface area contributed by atoms with Crippen molar-refractivity contribution in [3.63, 3.8) is 0 Å². The standard InChI is InChI=1S/C12H21N5O3/c1-2-3-4-5-6-13-12(20)14-7-8-17-9-10(11(18)19)15-16-17/h9H,2-8H2,1H3,(H,18,19)(H2,13,14,20). The van der Waals surface area contributed by atoms with Crippen molar-refractivity contribution in [1.82, 2.24) is 25.6 Å². The molecule has 112 valence electrons. The molecule has 1 heterocycles. The summed E-state index contributed by atoms with van der Waals surface area (Å²) in [6.45, 7) is 3.55. The van der Waals surface area contributed by atoms with Gasteiger partial charge in [0.2, 0.25) is 0 Å². The number of hydrogen-bond acceptors (Lipinski definition) is 4. The van der Waals surface area contributed by atoms with Crippen molar-refractivity contribution in [2.75, 3.05) is 13.1 Å². The van der Waals surface area contributed by atoms with Gasteiger partial charge in [0.1, 0.15) is 0 Å². The topological polar surface area (TPSA) is 109 Å². The molecule has 1 rings (SSSR count). The second-order valence-corrected chi connectivity index (χ2v) is 4.42. The van der Waals surface area contributed by atoms with Gasteiger partial charge in [0.05, 0.1) is 12.7 Å². The van der Waals surface area contributed by atoms with Crippen LogP contribution in [-0.2, 0) is 6.54 Å². The van der Waals surface area contributed by atoms with E-state index in [2.05, 4.69) is 27.9 Å². The third-order valence-electron chi connectivity index (χ3n) is 2.70. The van der Waals surface area contributed by atoms with Crippen LogP contribution in [0.2, 0.25) is 0 Å². The molecule has 8 heteroatoms. The highest BCUT2D eigenvalue weighted by Gasteiger charge is 2.07. The van der Waals surface area contributed by atoms with Crippen molar-refractivity contribution in [1.29, 1.82) is 0 Å². The molecule has 8 nitrogen and oxygen atoms in total. The summed E-state index contributed by atoms with van der Waals surface area (Å²) in [6.07, 6.45) is 5.77. The van der Waals surface area contributed by atoms with Gasteiger partial charge < -0.3 is 15.7 Å². The minimum Gasteiger partial charge on any atom is -0.476 e. The maximum absolute atomic E-state index is 11.4. The quantitative estimate of drug-likeness (QED) is 0.582. The van der Waals surface area contributed by atoms with Crippen LogP contribution in [0, 0.1) is 0 Å². The number of amides is 2. The molecule has 1 aromatic rings. The number of aromatic nitrogens is 3. The van der Waals surface area contributed by atoms with E-state index in [9.17, 15) is 9.59 Å².